The number of rotatable bonds is 3. The van der Waals surface area contributed by atoms with E-state index in [1.165, 1.54) is 0 Å². The predicted octanol–water partition coefficient (Wildman–Crippen LogP) is 0.813. The van der Waals surface area contributed by atoms with Crippen molar-refractivity contribution in [1.29, 1.82) is 0 Å². The highest BCUT2D eigenvalue weighted by molar-refractivity contribution is 5.95. The highest BCUT2D eigenvalue weighted by Gasteiger charge is 2.35. The molecule has 1 aromatic heterocycles. The minimum atomic E-state index is -0.901. The van der Waals surface area contributed by atoms with Crippen LogP contribution < -0.4 is 4.90 Å². The van der Waals surface area contributed by atoms with Crippen LogP contribution in [0.15, 0.2) is 0 Å². The highest BCUT2D eigenvalue weighted by atomic mass is 16.4. The Kier molecular flexibility index (Phi) is 3.54. The van der Waals surface area contributed by atoms with Crippen molar-refractivity contribution < 1.29 is 9.90 Å². The lowest BCUT2D eigenvalue weighted by Gasteiger charge is -2.23. The Bertz CT molecular complexity index is 495. The average molecular weight is 266 g/mol. The number of nitrogens with zero attached hydrogens (tertiary/aromatic N) is 4. The number of aromatic nitrogens is 2. The van der Waals surface area contributed by atoms with E-state index >= 15 is 0 Å². The number of aromatic carboxylic acids is 1. The molecular formula is C13H22N4O2. The van der Waals surface area contributed by atoms with Crippen molar-refractivity contribution in [2.75, 3.05) is 32.1 Å². The van der Waals surface area contributed by atoms with Crippen molar-refractivity contribution in [3.05, 3.63) is 11.3 Å². The molecule has 0 saturated carbocycles. The summed E-state index contributed by atoms with van der Waals surface area (Å²) < 4.78 is 1.68. The minimum absolute atomic E-state index is 0.328. The molecule has 1 fully saturated rings. The monoisotopic (exact) mass is 266 g/mol. The zero-order valence-electron chi connectivity index (χ0n) is 12.2. The average Bonchev–Trinajstić information content (AvgIpc) is 2.78. The summed E-state index contributed by atoms with van der Waals surface area (Å²) >= 11 is 0. The maximum Gasteiger partial charge on any atom is 0.341 e. The molecule has 6 heteroatoms. The fourth-order valence-corrected chi connectivity index (χ4v) is 3.05. The summed E-state index contributed by atoms with van der Waals surface area (Å²) in [5.74, 6) is 0.328. The number of carboxylic acids is 1. The van der Waals surface area contributed by atoms with Crippen LogP contribution in [0.3, 0.4) is 0 Å². The van der Waals surface area contributed by atoms with Gasteiger partial charge in [-0.15, -0.1) is 0 Å². The number of anilines is 1. The van der Waals surface area contributed by atoms with Crippen LogP contribution >= 0.6 is 0 Å². The van der Waals surface area contributed by atoms with Crippen LogP contribution in [0.2, 0.25) is 0 Å². The summed E-state index contributed by atoms with van der Waals surface area (Å²) in [6.07, 6.45) is 0. The van der Waals surface area contributed by atoms with Gasteiger partial charge in [-0.1, -0.05) is 6.92 Å². The van der Waals surface area contributed by atoms with Gasteiger partial charge in [0.15, 0.2) is 0 Å². The molecule has 1 aliphatic heterocycles. The topological polar surface area (TPSA) is 61.6 Å². The van der Waals surface area contributed by atoms with Crippen molar-refractivity contribution in [3.8, 4) is 0 Å². The van der Waals surface area contributed by atoms with Crippen LogP contribution in [0.25, 0.3) is 0 Å². The van der Waals surface area contributed by atoms with Crippen molar-refractivity contribution in [3.63, 3.8) is 0 Å². The first-order valence-electron chi connectivity index (χ1n) is 6.51. The van der Waals surface area contributed by atoms with Gasteiger partial charge in [-0.25, -0.2) is 4.79 Å². The Morgan fingerprint density at radius 1 is 1.42 bits per heavy atom. The fraction of sp³-hybridized carbons (Fsp3) is 0.692. The first-order valence-corrected chi connectivity index (χ1v) is 6.51. The molecular weight excluding hydrogens is 244 g/mol. The highest BCUT2D eigenvalue weighted by Crippen LogP contribution is 2.30. The van der Waals surface area contributed by atoms with Crippen LogP contribution in [0.1, 0.15) is 23.0 Å². The molecule has 2 heterocycles. The molecule has 0 bridgehead atoms. The largest absolute Gasteiger partial charge is 0.477 e. The third-order valence-electron chi connectivity index (χ3n) is 3.94. The van der Waals surface area contributed by atoms with Crippen LogP contribution in [-0.2, 0) is 7.05 Å². The summed E-state index contributed by atoms with van der Waals surface area (Å²) in [5, 5.41) is 13.6. The van der Waals surface area contributed by atoms with Gasteiger partial charge in [0, 0.05) is 26.2 Å². The van der Waals surface area contributed by atoms with Gasteiger partial charge in [-0.3, -0.25) is 4.68 Å². The molecule has 1 aliphatic rings. The summed E-state index contributed by atoms with van der Waals surface area (Å²) in [5.41, 5.74) is 0.903. The fourth-order valence-electron chi connectivity index (χ4n) is 3.05. The zero-order chi connectivity index (χ0) is 14.3. The molecule has 6 nitrogen and oxygen atoms in total. The molecule has 0 spiro atoms. The van der Waals surface area contributed by atoms with E-state index < -0.39 is 5.97 Å². The van der Waals surface area contributed by atoms with E-state index in [2.05, 4.69) is 35.9 Å². The smallest absolute Gasteiger partial charge is 0.341 e. The first kappa shape index (κ1) is 13.9. The third-order valence-corrected chi connectivity index (χ3v) is 3.94. The van der Waals surface area contributed by atoms with Crippen molar-refractivity contribution in [2.45, 2.75) is 19.9 Å². The maximum atomic E-state index is 11.4. The van der Waals surface area contributed by atoms with Gasteiger partial charge in [0.2, 0.25) is 0 Å². The summed E-state index contributed by atoms with van der Waals surface area (Å²) in [7, 11) is 5.94. The quantitative estimate of drug-likeness (QED) is 0.877. The molecule has 106 valence electrons. The van der Waals surface area contributed by atoms with Crippen LogP contribution in [0.4, 0.5) is 5.82 Å². The standard InChI is InChI=1S/C13H22N4O2/c1-8-6-17(7-10(8)15(3)4)12-11(13(18)19)9(2)14-16(12)5/h8,10H,6-7H2,1-5H3,(H,18,19). The molecule has 0 aromatic carbocycles. The van der Waals surface area contributed by atoms with E-state index in [-0.39, 0.29) is 0 Å². The molecule has 0 amide bonds. The van der Waals surface area contributed by atoms with E-state index in [0.717, 1.165) is 18.9 Å². The van der Waals surface area contributed by atoms with Gasteiger partial charge in [0.25, 0.3) is 0 Å². The Labute approximate surface area is 113 Å². The van der Waals surface area contributed by atoms with Gasteiger partial charge < -0.3 is 14.9 Å². The van der Waals surface area contributed by atoms with E-state index in [1.807, 2.05) is 7.05 Å². The number of carboxylic acid groups (broad SMARTS) is 1. The number of hydrogen-bond donors (Lipinski definition) is 1. The molecule has 0 aliphatic carbocycles. The van der Waals surface area contributed by atoms with Gasteiger partial charge in [0.05, 0.1) is 5.69 Å². The normalized spacial score (nSPS) is 23.4. The second-order valence-electron chi connectivity index (χ2n) is 5.63. The zero-order valence-corrected chi connectivity index (χ0v) is 12.2. The lowest BCUT2D eigenvalue weighted by Crippen LogP contribution is -2.34. The van der Waals surface area contributed by atoms with Gasteiger partial charge in [-0.2, -0.15) is 5.10 Å². The molecule has 2 atom stereocenters. The van der Waals surface area contributed by atoms with E-state index in [1.54, 1.807) is 11.6 Å². The predicted molar refractivity (Wildman–Crippen MR) is 73.8 cm³/mol. The summed E-state index contributed by atoms with van der Waals surface area (Å²) in [6.45, 7) is 5.65. The van der Waals surface area contributed by atoms with Crippen LogP contribution in [0.5, 0.6) is 0 Å². The Morgan fingerprint density at radius 3 is 2.53 bits per heavy atom. The number of likely N-dealkylation sites (N-methyl/N-ethyl adjacent to an activating group) is 1. The molecule has 1 aromatic rings. The maximum absolute atomic E-state index is 11.4. The van der Waals surface area contributed by atoms with Crippen LogP contribution in [0, 0.1) is 12.8 Å². The molecule has 1 N–H and O–H groups in total. The van der Waals surface area contributed by atoms with Crippen molar-refractivity contribution in [1.82, 2.24) is 14.7 Å². The van der Waals surface area contributed by atoms with E-state index in [9.17, 15) is 9.90 Å². The lowest BCUT2D eigenvalue weighted by atomic mass is 10.1. The van der Waals surface area contributed by atoms with Crippen molar-refractivity contribution >= 4 is 11.8 Å². The lowest BCUT2D eigenvalue weighted by molar-refractivity contribution is 0.0696. The second kappa shape index (κ2) is 4.85. The van der Waals surface area contributed by atoms with Gasteiger partial charge in [-0.05, 0) is 26.9 Å². The van der Waals surface area contributed by atoms with Crippen molar-refractivity contribution in [2.24, 2.45) is 13.0 Å². The molecule has 1 saturated heterocycles. The first-order chi connectivity index (χ1) is 8.82. The van der Waals surface area contributed by atoms with E-state index in [4.69, 9.17) is 0 Å². The third kappa shape index (κ3) is 2.32. The Morgan fingerprint density at radius 2 is 2.05 bits per heavy atom. The molecule has 2 rings (SSSR count). The molecule has 0 radical (unpaired) electrons. The second-order valence-corrected chi connectivity index (χ2v) is 5.63. The summed E-state index contributed by atoms with van der Waals surface area (Å²) in [6, 6.07) is 0.442. The SMILES string of the molecule is Cc1nn(C)c(N2CC(C)C(N(C)C)C2)c1C(=O)O. The number of aryl methyl sites for hydroxylation is 2. The Balaban J connectivity index is 2.36. The molecule has 19 heavy (non-hydrogen) atoms. The summed E-state index contributed by atoms with van der Waals surface area (Å²) in [4.78, 5) is 15.8. The molecule has 2 unspecified atom stereocenters. The van der Waals surface area contributed by atoms with Crippen LogP contribution in [-0.4, -0.2) is 59.0 Å². The van der Waals surface area contributed by atoms with Gasteiger partial charge >= 0.3 is 5.97 Å². The number of carbonyl (C=O) groups is 1. The Hall–Kier alpha value is -1.56. The van der Waals surface area contributed by atoms with Gasteiger partial charge in [0.1, 0.15) is 11.4 Å². The minimum Gasteiger partial charge on any atom is -0.477 e. The number of hydrogen-bond acceptors (Lipinski definition) is 4. The van der Waals surface area contributed by atoms with E-state index in [0.29, 0.717) is 23.2 Å².